The van der Waals surface area contributed by atoms with Crippen LogP contribution in [0, 0.1) is 6.92 Å². The Hall–Kier alpha value is -1.34. The summed E-state index contributed by atoms with van der Waals surface area (Å²) < 4.78 is 0. The molecule has 0 bridgehead atoms. The van der Waals surface area contributed by atoms with Crippen LogP contribution in [0.4, 0.5) is 0 Å². The summed E-state index contributed by atoms with van der Waals surface area (Å²) in [4.78, 5) is 0. The SMILES string of the molecule is CCNCCCCCc1c(C)ccc2ccccc12. The highest BCUT2D eigenvalue weighted by atomic mass is 14.8. The van der Waals surface area contributed by atoms with Crippen LogP contribution in [-0.4, -0.2) is 13.1 Å². The van der Waals surface area contributed by atoms with E-state index in [-0.39, 0.29) is 0 Å². The Bertz CT molecular complexity index is 516. The van der Waals surface area contributed by atoms with Gasteiger partial charge in [-0.15, -0.1) is 0 Å². The molecule has 0 radical (unpaired) electrons. The highest BCUT2D eigenvalue weighted by molar-refractivity contribution is 5.86. The van der Waals surface area contributed by atoms with E-state index in [1.165, 1.54) is 42.0 Å². The van der Waals surface area contributed by atoms with Crippen LogP contribution in [0.1, 0.15) is 37.3 Å². The minimum absolute atomic E-state index is 1.09. The van der Waals surface area contributed by atoms with Gasteiger partial charge in [0.25, 0.3) is 0 Å². The minimum atomic E-state index is 1.09. The molecule has 0 aliphatic rings. The van der Waals surface area contributed by atoms with E-state index in [1.54, 1.807) is 5.56 Å². The second-order valence-electron chi connectivity index (χ2n) is 5.25. The Balaban J connectivity index is 1.98. The Morgan fingerprint density at radius 1 is 0.947 bits per heavy atom. The fourth-order valence-corrected chi connectivity index (χ4v) is 2.68. The fraction of sp³-hybridized carbons (Fsp3) is 0.444. The van der Waals surface area contributed by atoms with E-state index in [1.807, 2.05) is 0 Å². The van der Waals surface area contributed by atoms with Crippen molar-refractivity contribution in [3.8, 4) is 0 Å². The van der Waals surface area contributed by atoms with Gasteiger partial charge in [-0.05, 0) is 61.2 Å². The number of rotatable bonds is 7. The number of benzene rings is 2. The first-order valence-electron chi connectivity index (χ1n) is 7.51. The molecule has 0 heterocycles. The van der Waals surface area contributed by atoms with Gasteiger partial charge in [-0.2, -0.15) is 0 Å². The maximum Gasteiger partial charge on any atom is -0.00490 e. The molecule has 1 nitrogen and oxygen atoms in total. The van der Waals surface area contributed by atoms with Gasteiger partial charge in [0, 0.05) is 0 Å². The minimum Gasteiger partial charge on any atom is -0.317 e. The van der Waals surface area contributed by atoms with Crippen LogP contribution >= 0.6 is 0 Å². The molecule has 1 N–H and O–H groups in total. The third-order valence-corrected chi connectivity index (χ3v) is 3.81. The number of hydrogen-bond donors (Lipinski definition) is 1. The van der Waals surface area contributed by atoms with Gasteiger partial charge in [0.15, 0.2) is 0 Å². The summed E-state index contributed by atoms with van der Waals surface area (Å²) in [5.74, 6) is 0. The lowest BCUT2D eigenvalue weighted by Crippen LogP contribution is -2.13. The van der Waals surface area contributed by atoms with Crippen molar-refractivity contribution >= 4 is 10.8 Å². The maximum atomic E-state index is 3.39. The molecule has 0 amide bonds. The molecule has 0 aliphatic heterocycles. The second kappa shape index (κ2) is 7.30. The van der Waals surface area contributed by atoms with Crippen molar-refractivity contribution in [2.24, 2.45) is 0 Å². The van der Waals surface area contributed by atoms with Gasteiger partial charge in [0.1, 0.15) is 0 Å². The predicted molar refractivity (Wildman–Crippen MR) is 84.8 cm³/mol. The maximum absolute atomic E-state index is 3.39. The molecule has 0 unspecified atom stereocenters. The molecule has 0 saturated heterocycles. The molecule has 0 aromatic heterocycles. The van der Waals surface area contributed by atoms with Crippen LogP contribution in [0.15, 0.2) is 36.4 Å². The van der Waals surface area contributed by atoms with Crippen molar-refractivity contribution in [1.29, 1.82) is 0 Å². The first kappa shape index (κ1) is 14.1. The van der Waals surface area contributed by atoms with E-state index in [0.29, 0.717) is 0 Å². The van der Waals surface area contributed by atoms with Crippen LogP contribution in [0.25, 0.3) is 10.8 Å². The van der Waals surface area contributed by atoms with Crippen molar-refractivity contribution in [3.63, 3.8) is 0 Å². The molecule has 2 aromatic carbocycles. The van der Waals surface area contributed by atoms with Crippen LogP contribution in [0.3, 0.4) is 0 Å². The number of hydrogen-bond acceptors (Lipinski definition) is 1. The number of fused-ring (bicyclic) bond motifs is 1. The summed E-state index contributed by atoms with van der Waals surface area (Å²) in [6, 6.07) is 13.2. The van der Waals surface area contributed by atoms with E-state index in [9.17, 15) is 0 Å². The van der Waals surface area contributed by atoms with Gasteiger partial charge in [-0.1, -0.05) is 49.7 Å². The highest BCUT2D eigenvalue weighted by Gasteiger charge is 2.04. The van der Waals surface area contributed by atoms with Crippen LogP contribution in [0.2, 0.25) is 0 Å². The van der Waals surface area contributed by atoms with Crippen LogP contribution in [-0.2, 0) is 6.42 Å². The Labute approximate surface area is 117 Å². The van der Waals surface area contributed by atoms with Gasteiger partial charge in [0.2, 0.25) is 0 Å². The quantitative estimate of drug-likeness (QED) is 0.720. The summed E-state index contributed by atoms with van der Waals surface area (Å²) >= 11 is 0. The van der Waals surface area contributed by atoms with Gasteiger partial charge in [-0.25, -0.2) is 0 Å². The molecule has 1 heteroatoms. The standard InChI is InChI=1S/C18H25N/c1-3-19-14-8-4-5-10-17-15(2)12-13-16-9-6-7-11-18(16)17/h6-7,9,11-13,19H,3-5,8,10,14H2,1-2H3. The summed E-state index contributed by atoms with van der Waals surface area (Å²) in [6.45, 7) is 6.65. The average Bonchev–Trinajstić information content (AvgIpc) is 2.44. The van der Waals surface area contributed by atoms with Crippen LogP contribution < -0.4 is 5.32 Å². The van der Waals surface area contributed by atoms with Gasteiger partial charge >= 0.3 is 0 Å². The van der Waals surface area contributed by atoms with E-state index in [4.69, 9.17) is 0 Å². The molecular formula is C18H25N. The molecule has 0 saturated carbocycles. The third kappa shape index (κ3) is 3.81. The third-order valence-electron chi connectivity index (χ3n) is 3.81. The van der Waals surface area contributed by atoms with E-state index >= 15 is 0 Å². The van der Waals surface area contributed by atoms with E-state index in [0.717, 1.165) is 13.1 Å². The summed E-state index contributed by atoms with van der Waals surface area (Å²) in [7, 11) is 0. The fourth-order valence-electron chi connectivity index (χ4n) is 2.68. The topological polar surface area (TPSA) is 12.0 Å². The van der Waals surface area contributed by atoms with Crippen molar-refractivity contribution in [2.45, 2.75) is 39.5 Å². The number of nitrogens with one attached hydrogen (secondary N) is 1. The smallest absolute Gasteiger partial charge is 0.00490 e. The van der Waals surface area contributed by atoms with Gasteiger partial charge in [-0.3, -0.25) is 0 Å². The lowest BCUT2D eigenvalue weighted by atomic mass is 9.95. The zero-order valence-electron chi connectivity index (χ0n) is 12.2. The van der Waals surface area contributed by atoms with Crippen molar-refractivity contribution in [1.82, 2.24) is 5.32 Å². The second-order valence-corrected chi connectivity index (χ2v) is 5.25. The normalized spacial score (nSPS) is 11.1. The van der Waals surface area contributed by atoms with Gasteiger partial charge in [0.05, 0.1) is 0 Å². The molecule has 0 atom stereocenters. The lowest BCUT2D eigenvalue weighted by molar-refractivity contribution is 0.617. The summed E-state index contributed by atoms with van der Waals surface area (Å²) in [5, 5.41) is 6.20. The molecule has 0 aliphatic carbocycles. The average molecular weight is 255 g/mol. The molecule has 2 aromatic rings. The predicted octanol–water partition coefficient (Wildman–Crippen LogP) is 4.47. The zero-order valence-corrected chi connectivity index (χ0v) is 12.2. The molecule has 0 fully saturated rings. The van der Waals surface area contributed by atoms with E-state index < -0.39 is 0 Å². The molecule has 2 rings (SSSR count). The number of aryl methyl sites for hydroxylation is 2. The summed E-state index contributed by atoms with van der Waals surface area (Å²) in [5.41, 5.74) is 2.98. The first-order chi connectivity index (χ1) is 9.33. The molecule has 102 valence electrons. The van der Waals surface area contributed by atoms with Crippen molar-refractivity contribution in [3.05, 3.63) is 47.5 Å². The lowest BCUT2D eigenvalue weighted by Gasteiger charge is -2.10. The van der Waals surface area contributed by atoms with Gasteiger partial charge < -0.3 is 5.32 Å². The highest BCUT2D eigenvalue weighted by Crippen LogP contribution is 2.23. The molecule has 19 heavy (non-hydrogen) atoms. The van der Waals surface area contributed by atoms with E-state index in [2.05, 4.69) is 55.6 Å². The molecule has 0 spiro atoms. The van der Waals surface area contributed by atoms with Crippen LogP contribution in [0.5, 0.6) is 0 Å². The Morgan fingerprint density at radius 3 is 2.63 bits per heavy atom. The Kier molecular flexibility index (Phi) is 5.41. The number of unbranched alkanes of at least 4 members (excludes halogenated alkanes) is 2. The largest absolute Gasteiger partial charge is 0.317 e. The molecular weight excluding hydrogens is 230 g/mol. The first-order valence-corrected chi connectivity index (χ1v) is 7.51. The monoisotopic (exact) mass is 255 g/mol. The zero-order chi connectivity index (χ0) is 13.5. The summed E-state index contributed by atoms with van der Waals surface area (Å²) in [6.07, 6.45) is 5.10. The van der Waals surface area contributed by atoms with Crippen molar-refractivity contribution < 1.29 is 0 Å². The van der Waals surface area contributed by atoms with Crippen molar-refractivity contribution in [2.75, 3.05) is 13.1 Å². The Morgan fingerprint density at radius 2 is 1.79 bits per heavy atom.